The van der Waals surface area contributed by atoms with Gasteiger partial charge in [-0.3, -0.25) is 4.90 Å². The van der Waals surface area contributed by atoms with Crippen molar-refractivity contribution >= 4 is 60.9 Å². The van der Waals surface area contributed by atoms with Crippen molar-refractivity contribution in [2.24, 2.45) is 0 Å². The first kappa shape index (κ1) is 29.8. The maximum Gasteiger partial charge on any atom is 0.235 e. The average Bonchev–Trinajstić information content (AvgIpc) is 3.57. The minimum absolute atomic E-state index is 0.588. The maximum absolute atomic E-state index is 6.49. The van der Waals surface area contributed by atoms with Crippen molar-refractivity contribution in [1.82, 2.24) is 9.97 Å². The molecule has 0 N–H and O–H groups in total. The summed E-state index contributed by atoms with van der Waals surface area (Å²) < 4.78 is 6.49. The monoisotopic (exact) mass is 665 g/mol. The maximum atomic E-state index is 6.49. The van der Waals surface area contributed by atoms with Crippen LogP contribution in [0.5, 0.6) is 0 Å². The summed E-state index contributed by atoms with van der Waals surface area (Å²) in [6.45, 7) is 0. The molecule has 0 fully saturated rings. The lowest BCUT2D eigenvalue weighted by atomic mass is 10.0. The number of aromatic nitrogens is 2. The largest absolute Gasteiger partial charge is 0.456 e. The van der Waals surface area contributed by atoms with E-state index < -0.39 is 0 Å². The number of anilines is 3. The molecular formula is C48H31N3O. The number of hydrogen-bond donors (Lipinski definition) is 0. The molecule has 8 aromatic carbocycles. The third-order valence-electron chi connectivity index (χ3n) is 9.87. The molecule has 2 heterocycles. The summed E-state index contributed by atoms with van der Waals surface area (Å²) in [6, 6.07) is 65.6. The summed E-state index contributed by atoms with van der Waals surface area (Å²) in [5.41, 5.74) is 11.0. The van der Waals surface area contributed by atoms with E-state index >= 15 is 0 Å². The Morgan fingerprint density at radius 1 is 0.365 bits per heavy atom. The van der Waals surface area contributed by atoms with E-state index in [1.165, 1.54) is 16.5 Å². The molecule has 52 heavy (non-hydrogen) atoms. The Hall–Kier alpha value is -7.04. The summed E-state index contributed by atoms with van der Waals surface area (Å²) in [7, 11) is 0. The Morgan fingerprint density at radius 3 is 1.54 bits per heavy atom. The zero-order valence-corrected chi connectivity index (χ0v) is 28.1. The van der Waals surface area contributed by atoms with Crippen LogP contribution in [0, 0.1) is 0 Å². The predicted octanol–water partition coefficient (Wildman–Crippen LogP) is 13.2. The number of fused-ring (bicyclic) bond motifs is 5. The summed E-state index contributed by atoms with van der Waals surface area (Å²) in [5, 5.41) is 5.53. The van der Waals surface area contributed by atoms with Gasteiger partial charge in [0.15, 0.2) is 0 Å². The Morgan fingerprint density at radius 2 is 0.885 bits per heavy atom. The minimum atomic E-state index is 0.588. The van der Waals surface area contributed by atoms with Crippen LogP contribution >= 0.6 is 0 Å². The van der Waals surface area contributed by atoms with E-state index in [-0.39, 0.29) is 0 Å². The summed E-state index contributed by atoms with van der Waals surface area (Å²) in [5.74, 6) is 0.588. The van der Waals surface area contributed by atoms with Gasteiger partial charge in [-0.05, 0) is 87.6 Å². The Balaban J connectivity index is 1.14. The molecule has 0 amide bonds. The molecule has 10 aromatic rings. The van der Waals surface area contributed by atoms with Crippen molar-refractivity contribution in [2.75, 3.05) is 4.90 Å². The van der Waals surface area contributed by atoms with E-state index in [1.807, 2.05) is 24.3 Å². The van der Waals surface area contributed by atoms with Gasteiger partial charge >= 0.3 is 0 Å². The molecule has 0 aliphatic heterocycles. The van der Waals surface area contributed by atoms with E-state index in [1.54, 1.807) is 0 Å². The first-order valence-electron chi connectivity index (χ1n) is 17.5. The van der Waals surface area contributed by atoms with Crippen LogP contribution in [0.2, 0.25) is 0 Å². The van der Waals surface area contributed by atoms with E-state index in [2.05, 4.69) is 169 Å². The first-order chi connectivity index (χ1) is 25.7. The van der Waals surface area contributed by atoms with Gasteiger partial charge in [0.2, 0.25) is 5.95 Å². The molecule has 4 heteroatoms. The SMILES string of the molecule is c1ccc(-c2ccc(N(c3ccc(-c4ccccc4)cc3)c3nc(-c4ccc5c(c4)oc4cc6ccccc6cc45)c4ccccc4n3)cc2)cc1. The molecule has 244 valence electrons. The van der Waals surface area contributed by atoms with Crippen molar-refractivity contribution in [3.05, 3.63) is 188 Å². The highest BCUT2D eigenvalue weighted by atomic mass is 16.3. The van der Waals surface area contributed by atoms with Crippen molar-refractivity contribution in [1.29, 1.82) is 0 Å². The molecule has 4 nitrogen and oxygen atoms in total. The lowest BCUT2D eigenvalue weighted by Gasteiger charge is -2.25. The van der Waals surface area contributed by atoms with Crippen LogP contribution in [0.25, 0.3) is 77.1 Å². The van der Waals surface area contributed by atoms with Gasteiger partial charge in [-0.25, -0.2) is 9.97 Å². The van der Waals surface area contributed by atoms with Gasteiger partial charge in [0, 0.05) is 33.1 Å². The third kappa shape index (κ3) is 5.26. The van der Waals surface area contributed by atoms with Crippen LogP contribution in [0.4, 0.5) is 17.3 Å². The van der Waals surface area contributed by atoms with Gasteiger partial charge < -0.3 is 4.42 Å². The second-order valence-corrected chi connectivity index (χ2v) is 13.1. The lowest BCUT2D eigenvalue weighted by molar-refractivity contribution is 0.669. The fourth-order valence-corrected chi connectivity index (χ4v) is 7.24. The smallest absolute Gasteiger partial charge is 0.235 e. The minimum Gasteiger partial charge on any atom is -0.456 e. The fraction of sp³-hybridized carbons (Fsp3) is 0. The molecular weight excluding hydrogens is 635 g/mol. The molecule has 0 atom stereocenters. The van der Waals surface area contributed by atoms with E-state index in [0.717, 1.165) is 72.0 Å². The molecule has 0 radical (unpaired) electrons. The highest BCUT2D eigenvalue weighted by Gasteiger charge is 2.20. The van der Waals surface area contributed by atoms with Gasteiger partial charge in [0.25, 0.3) is 0 Å². The second-order valence-electron chi connectivity index (χ2n) is 13.1. The Bertz CT molecular complexity index is 2800. The van der Waals surface area contributed by atoms with Gasteiger partial charge in [0.1, 0.15) is 11.2 Å². The first-order valence-corrected chi connectivity index (χ1v) is 17.5. The Labute approximate surface area is 300 Å². The van der Waals surface area contributed by atoms with Crippen molar-refractivity contribution in [2.45, 2.75) is 0 Å². The summed E-state index contributed by atoms with van der Waals surface area (Å²) >= 11 is 0. The number of furan rings is 1. The number of hydrogen-bond acceptors (Lipinski definition) is 4. The van der Waals surface area contributed by atoms with Gasteiger partial charge in [0.05, 0.1) is 11.2 Å². The van der Waals surface area contributed by atoms with E-state index in [9.17, 15) is 0 Å². The highest BCUT2D eigenvalue weighted by molar-refractivity contribution is 6.11. The second kappa shape index (κ2) is 12.4. The Kier molecular flexibility index (Phi) is 7.10. The number of para-hydroxylation sites is 1. The molecule has 0 aliphatic rings. The molecule has 0 aliphatic carbocycles. The number of benzene rings is 8. The number of nitrogens with zero attached hydrogens (tertiary/aromatic N) is 3. The van der Waals surface area contributed by atoms with Crippen molar-refractivity contribution in [3.63, 3.8) is 0 Å². The average molecular weight is 666 g/mol. The topological polar surface area (TPSA) is 42.2 Å². The van der Waals surface area contributed by atoms with Crippen molar-refractivity contribution in [3.8, 4) is 33.5 Å². The molecule has 0 spiro atoms. The van der Waals surface area contributed by atoms with Crippen LogP contribution in [0.15, 0.2) is 192 Å². The van der Waals surface area contributed by atoms with Gasteiger partial charge in [-0.2, -0.15) is 0 Å². The predicted molar refractivity (Wildman–Crippen MR) is 215 cm³/mol. The molecule has 0 saturated heterocycles. The fourth-order valence-electron chi connectivity index (χ4n) is 7.24. The molecule has 0 bridgehead atoms. The van der Waals surface area contributed by atoms with Crippen LogP contribution in [0.1, 0.15) is 0 Å². The zero-order chi connectivity index (χ0) is 34.4. The quantitative estimate of drug-likeness (QED) is 0.177. The lowest BCUT2D eigenvalue weighted by Crippen LogP contribution is -2.14. The normalized spacial score (nSPS) is 11.5. The molecule has 0 saturated carbocycles. The third-order valence-corrected chi connectivity index (χ3v) is 9.87. The van der Waals surface area contributed by atoms with E-state index in [4.69, 9.17) is 14.4 Å². The van der Waals surface area contributed by atoms with Crippen LogP contribution in [0.3, 0.4) is 0 Å². The van der Waals surface area contributed by atoms with E-state index in [0.29, 0.717) is 5.95 Å². The highest BCUT2D eigenvalue weighted by Crippen LogP contribution is 2.39. The van der Waals surface area contributed by atoms with Crippen LogP contribution < -0.4 is 4.90 Å². The zero-order valence-electron chi connectivity index (χ0n) is 28.1. The van der Waals surface area contributed by atoms with Crippen molar-refractivity contribution < 1.29 is 4.42 Å². The molecule has 10 rings (SSSR count). The van der Waals surface area contributed by atoms with Gasteiger partial charge in [-0.15, -0.1) is 0 Å². The molecule has 2 aromatic heterocycles. The summed E-state index contributed by atoms with van der Waals surface area (Å²) in [6.07, 6.45) is 0. The standard InChI is InChI=1S/C48H31N3O/c1-3-11-32(12-4-1)34-19-24-39(25-20-34)51(40-26-21-35(22-27-40)33-13-5-2-6-14-33)48-49-44-18-10-9-17-42(44)47(50-48)38-23-28-41-43-29-36-15-7-8-16-37(36)30-46(43)52-45(41)31-38/h1-31H. The van der Waals surface area contributed by atoms with Crippen LogP contribution in [-0.4, -0.2) is 9.97 Å². The van der Waals surface area contributed by atoms with Crippen LogP contribution in [-0.2, 0) is 0 Å². The van der Waals surface area contributed by atoms with Gasteiger partial charge in [-0.1, -0.05) is 133 Å². The summed E-state index contributed by atoms with van der Waals surface area (Å²) in [4.78, 5) is 12.7. The molecule has 0 unspecified atom stereocenters. The number of rotatable bonds is 6.